The average Bonchev–Trinajstić information content (AvgIpc) is 2.13. The second-order valence-corrected chi connectivity index (χ2v) is 3.41. The van der Waals surface area contributed by atoms with E-state index in [1.807, 2.05) is 0 Å². The zero-order valence-electron chi connectivity index (χ0n) is 8.59. The minimum Gasteiger partial charge on any atom is -0.481 e. The van der Waals surface area contributed by atoms with Crippen molar-refractivity contribution in [2.45, 2.75) is 18.7 Å². The molecule has 0 aromatic carbocycles. The number of hydrogen-bond acceptors (Lipinski definition) is 3. The largest absolute Gasteiger partial charge is 0.574 e. The van der Waals surface area contributed by atoms with Gasteiger partial charge in [0.05, 0.1) is 12.3 Å². The Hall–Kier alpha value is -1.57. The van der Waals surface area contributed by atoms with Crippen molar-refractivity contribution in [1.29, 1.82) is 0 Å². The number of pyridine rings is 1. The lowest BCUT2D eigenvalue weighted by Gasteiger charge is -2.11. The highest BCUT2D eigenvalue weighted by Crippen LogP contribution is 2.25. The number of carboxylic acids is 1. The Morgan fingerprint density at radius 3 is 2.56 bits per heavy atom. The number of ether oxygens (including phenoxy) is 1. The van der Waals surface area contributed by atoms with Gasteiger partial charge in [-0.15, -0.1) is 24.8 Å². The van der Waals surface area contributed by atoms with Crippen LogP contribution in [0.2, 0.25) is 0 Å². The summed E-state index contributed by atoms with van der Waals surface area (Å²) >= 11 is 5.37. The fraction of sp³-hybridized carbons (Fsp3) is 0.333. The molecule has 0 aliphatic rings. The molecule has 9 heteroatoms. The van der Waals surface area contributed by atoms with Crippen LogP contribution in [0, 0.1) is 5.95 Å². The van der Waals surface area contributed by atoms with Gasteiger partial charge < -0.3 is 9.84 Å². The highest BCUT2D eigenvalue weighted by molar-refractivity contribution is 6.17. The second-order valence-electron chi connectivity index (χ2n) is 3.14. The minimum atomic E-state index is -5.04. The van der Waals surface area contributed by atoms with E-state index in [1.165, 1.54) is 0 Å². The molecular weight excluding hydrogens is 282 g/mol. The Labute approximate surface area is 103 Å². The van der Waals surface area contributed by atoms with E-state index in [1.54, 1.807) is 0 Å². The summed E-state index contributed by atoms with van der Waals surface area (Å²) in [6.07, 6.45) is -5.72. The van der Waals surface area contributed by atoms with Crippen LogP contribution in [0.5, 0.6) is 5.88 Å². The Bertz CT molecular complexity index is 464. The smallest absolute Gasteiger partial charge is 0.481 e. The summed E-state index contributed by atoms with van der Waals surface area (Å²) < 4.78 is 52.5. The van der Waals surface area contributed by atoms with E-state index in [0.29, 0.717) is 6.07 Å². The maximum absolute atomic E-state index is 13.3. The Morgan fingerprint density at radius 1 is 1.50 bits per heavy atom. The van der Waals surface area contributed by atoms with E-state index >= 15 is 0 Å². The quantitative estimate of drug-likeness (QED) is 0.525. The molecule has 1 N–H and O–H groups in total. The molecular formula is C9H6ClF4NO3. The summed E-state index contributed by atoms with van der Waals surface area (Å²) in [6.45, 7) is 0. The lowest BCUT2D eigenvalue weighted by Crippen LogP contribution is -2.19. The zero-order chi connectivity index (χ0) is 13.9. The number of halogens is 5. The number of nitrogens with zero attached hydrogens (tertiary/aromatic N) is 1. The van der Waals surface area contributed by atoms with Crippen molar-refractivity contribution in [2.24, 2.45) is 0 Å². The third-order valence-corrected chi connectivity index (χ3v) is 2.11. The molecule has 0 aliphatic carbocycles. The first-order valence-corrected chi connectivity index (χ1v) is 4.98. The van der Waals surface area contributed by atoms with Crippen LogP contribution in [0.1, 0.15) is 11.1 Å². The maximum Gasteiger partial charge on any atom is 0.574 e. The highest BCUT2D eigenvalue weighted by Gasteiger charge is 2.32. The SMILES string of the molecule is O=C(O)Cc1cc(OC(F)(F)F)nc(F)c1CCl. The van der Waals surface area contributed by atoms with E-state index in [4.69, 9.17) is 16.7 Å². The molecule has 0 atom stereocenters. The Morgan fingerprint density at radius 2 is 2.11 bits per heavy atom. The van der Waals surface area contributed by atoms with E-state index in [0.717, 1.165) is 0 Å². The van der Waals surface area contributed by atoms with Crippen LogP contribution in [-0.4, -0.2) is 22.4 Å². The van der Waals surface area contributed by atoms with Crippen LogP contribution in [0.15, 0.2) is 6.07 Å². The molecule has 0 radical (unpaired) electrons. The normalized spacial score (nSPS) is 11.4. The van der Waals surface area contributed by atoms with E-state index < -0.39 is 36.5 Å². The van der Waals surface area contributed by atoms with E-state index in [-0.39, 0.29) is 11.1 Å². The molecule has 0 bridgehead atoms. The van der Waals surface area contributed by atoms with Gasteiger partial charge in [0.1, 0.15) is 0 Å². The van der Waals surface area contributed by atoms with Crippen molar-refractivity contribution in [3.63, 3.8) is 0 Å². The van der Waals surface area contributed by atoms with Crippen LogP contribution >= 0.6 is 11.6 Å². The fourth-order valence-corrected chi connectivity index (χ4v) is 1.48. The monoisotopic (exact) mass is 287 g/mol. The van der Waals surface area contributed by atoms with Crippen molar-refractivity contribution in [2.75, 3.05) is 0 Å². The van der Waals surface area contributed by atoms with Gasteiger partial charge in [-0.2, -0.15) is 9.37 Å². The van der Waals surface area contributed by atoms with Gasteiger partial charge in [0.15, 0.2) is 0 Å². The molecule has 0 saturated carbocycles. The predicted octanol–water partition coefficient (Wildman–Crippen LogP) is 2.49. The molecule has 4 nitrogen and oxygen atoms in total. The standard InChI is InChI=1S/C9H6ClF4NO3/c10-3-5-4(2-7(16)17)1-6(15-8(5)11)18-9(12,13)14/h1H,2-3H2,(H,16,17). The predicted molar refractivity (Wildman–Crippen MR) is 51.8 cm³/mol. The Balaban J connectivity index is 3.17. The number of aliphatic carboxylic acids is 1. The first-order valence-electron chi connectivity index (χ1n) is 4.44. The van der Waals surface area contributed by atoms with Gasteiger partial charge in [-0.1, -0.05) is 0 Å². The number of carboxylic acid groups (broad SMARTS) is 1. The first kappa shape index (κ1) is 14.5. The van der Waals surface area contributed by atoms with Crippen LogP contribution < -0.4 is 4.74 Å². The van der Waals surface area contributed by atoms with E-state index in [9.17, 15) is 22.4 Å². The molecule has 0 fully saturated rings. The van der Waals surface area contributed by atoms with Crippen molar-refractivity contribution in [1.82, 2.24) is 4.98 Å². The molecule has 0 unspecified atom stereocenters. The molecule has 0 spiro atoms. The second kappa shape index (κ2) is 5.38. The van der Waals surface area contributed by atoms with Gasteiger partial charge in [-0.3, -0.25) is 4.79 Å². The van der Waals surface area contributed by atoms with Gasteiger partial charge in [-0.05, 0) is 5.56 Å². The highest BCUT2D eigenvalue weighted by atomic mass is 35.5. The van der Waals surface area contributed by atoms with Crippen LogP contribution in [0.25, 0.3) is 0 Å². The number of carbonyl (C=O) groups is 1. The topological polar surface area (TPSA) is 59.4 Å². The zero-order valence-corrected chi connectivity index (χ0v) is 9.35. The summed E-state index contributed by atoms with van der Waals surface area (Å²) in [4.78, 5) is 13.4. The van der Waals surface area contributed by atoms with Gasteiger partial charge in [0.2, 0.25) is 11.8 Å². The van der Waals surface area contributed by atoms with Gasteiger partial charge in [0, 0.05) is 11.6 Å². The molecule has 100 valence electrons. The molecule has 1 rings (SSSR count). The Kier molecular flexibility index (Phi) is 4.33. The lowest BCUT2D eigenvalue weighted by molar-refractivity contribution is -0.276. The minimum absolute atomic E-state index is 0.218. The molecule has 1 heterocycles. The van der Waals surface area contributed by atoms with Crippen molar-refractivity contribution < 1.29 is 32.2 Å². The summed E-state index contributed by atoms with van der Waals surface area (Å²) in [6, 6.07) is 0.697. The fourth-order valence-electron chi connectivity index (χ4n) is 1.20. The third kappa shape index (κ3) is 4.02. The van der Waals surface area contributed by atoms with Gasteiger partial charge in [0.25, 0.3) is 0 Å². The number of alkyl halides is 4. The molecule has 18 heavy (non-hydrogen) atoms. The summed E-state index contributed by atoms with van der Waals surface area (Å²) in [5.41, 5.74) is -0.488. The summed E-state index contributed by atoms with van der Waals surface area (Å²) in [5.74, 6) is -4.11. The molecule has 0 amide bonds. The lowest BCUT2D eigenvalue weighted by atomic mass is 10.1. The van der Waals surface area contributed by atoms with Crippen molar-refractivity contribution in [3.8, 4) is 5.88 Å². The van der Waals surface area contributed by atoms with Crippen molar-refractivity contribution >= 4 is 17.6 Å². The molecule has 0 aliphatic heterocycles. The maximum atomic E-state index is 13.3. The van der Waals surface area contributed by atoms with Gasteiger partial charge >= 0.3 is 12.3 Å². The third-order valence-electron chi connectivity index (χ3n) is 1.84. The summed E-state index contributed by atoms with van der Waals surface area (Å²) in [5, 5.41) is 8.55. The van der Waals surface area contributed by atoms with Crippen LogP contribution in [-0.2, 0) is 17.1 Å². The van der Waals surface area contributed by atoms with Gasteiger partial charge in [-0.25, -0.2) is 0 Å². The molecule has 1 aromatic rings. The van der Waals surface area contributed by atoms with Crippen LogP contribution in [0.3, 0.4) is 0 Å². The molecule has 0 saturated heterocycles. The average molecular weight is 288 g/mol. The number of rotatable bonds is 4. The summed E-state index contributed by atoms with van der Waals surface area (Å²) in [7, 11) is 0. The van der Waals surface area contributed by atoms with Crippen molar-refractivity contribution in [3.05, 3.63) is 23.1 Å². The number of aromatic nitrogens is 1. The van der Waals surface area contributed by atoms with Crippen LogP contribution in [0.4, 0.5) is 17.6 Å². The first-order chi connectivity index (χ1) is 8.23. The number of hydrogen-bond donors (Lipinski definition) is 1. The molecule has 1 aromatic heterocycles. The van der Waals surface area contributed by atoms with E-state index in [2.05, 4.69) is 9.72 Å².